The molecular formula is C21H21N3O4S2. The van der Waals surface area contributed by atoms with Gasteiger partial charge in [0.05, 0.1) is 12.2 Å². The van der Waals surface area contributed by atoms with Crippen LogP contribution in [0.15, 0.2) is 34.9 Å². The summed E-state index contributed by atoms with van der Waals surface area (Å²) in [6.45, 7) is 7.42. The fraction of sp³-hybridized carbons (Fsp3) is 0.238. The summed E-state index contributed by atoms with van der Waals surface area (Å²) in [6.07, 6.45) is 0. The first-order chi connectivity index (χ1) is 14.3. The zero-order valence-electron chi connectivity index (χ0n) is 17.0. The van der Waals surface area contributed by atoms with Gasteiger partial charge in [0.15, 0.2) is 5.11 Å². The largest absolute Gasteiger partial charge is 0.462 e. The number of anilines is 1. The molecule has 0 spiro atoms. The van der Waals surface area contributed by atoms with Gasteiger partial charge in [-0.2, -0.15) is 0 Å². The molecule has 1 amide bonds. The molecule has 0 unspecified atom stereocenters. The normalized spacial score (nSPS) is 10.5. The minimum Gasteiger partial charge on any atom is -0.462 e. The van der Waals surface area contributed by atoms with E-state index in [-0.39, 0.29) is 11.7 Å². The lowest BCUT2D eigenvalue weighted by Gasteiger charge is -2.10. The second-order valence-electron chi connectivity index (χ2n) is 6.44. The number of nitrogens with one attached hydrogen (secondary N) is 2. The van der Waals surface area contributed by atoms with E-state index in [0.717, 1.165) is 16.0 Å². The molecule has 9 heteroatoms. The van der Waals surface area contributed by atoms with Crippen molar-refractivity contribution in [2.45, 2.75) is 27.7 Å². The maximum atomic E-state index is 12.9. The van der Waals surface area contributed by atoms with Crippen molar-refractivity contribution in [1.82, 2.24) is 10.5 Å². The number of esters is 1. The maximum Gasteiger partial charge on any atom is 0.341 e. The Morgan fingerprint density at radius 3 is 2.53 bits per heavy atom. The highest BCUT2D eigenvalue weighted by atomic mass is 32.1. The number of ether oxygens (including phenoxy) is 1. The molecule has 0 aliphatic carbocycles. The van der Waals surface area contributed by atoms with E-state index in [9.17, 15) is 9.59 Å². The van der Waals surface area contributed by atoms with Gasteiger partial charge in [0.1, 0.15) is 22.0 Å². The van der Waals surface area contributed by atoms with Gasteiger partial charge >= 0.3 is 5.97 Å². The predicted molar refractivity (Wildman–Crippen MR) is 120 cm³/mol. The van der Waals surface area contributed by atoms with Crippen molar-refractivity contribution in [2.75, 3.05) is 11.9 Å². The fourth-order valence-electron chi connectivity index (χ4n) is 2.90. The number of aryl methyl sites for hydroxylation is 2. The summed E-state index contributed by atoms with van der Waals surface area (Å²) in [5, 5.41) is 10.2. The third kappa shape index (κ3) is 4.42. The van der Waals surface area contributed by atoms with Gasteiger partial charge in [0, 0.05) is 10.4 Å². The molecular weight excluding hydrogens is 422 g/mol. The van der Waals surface area contributed by atoms with Crippen LogP contribution in [0.2, 0.25) is 0 Å². The lowest BCUT2D eigenvalue weighted by atomic mass is 10.1. The number of nitrogens with zero attached hydrogens (tertiary/aromatic N) is 1. The smallest absolute Gasteiger partial charge is 0.341 e. The first-order valence-electron chi connectivity index (χ1n) is 9.24. The molecule has 0 saturated heterocycles. The number of benzene rings is 1. The summed E-state index contributed by atoms with van der Waals surface area (Å²) in [7, 11) is 0. The van der Waals surface area contributed by atoms with Crippen LogP contribution in [-0.4, -0.2) is 28.8 Å². The highest BCUT2D eigenvalue weighted by Gasteiger charge is 2.24. The molecule has 3 aromatic rings. The highest BCUT2D eigenvalue weighted by molar-refractivity contribution is 7.80. The van der Waals surface area contributed by atoms with Crippen molar-refractivity contribution in [2.24, 2.45) is 0 Å². The summed E-state index contributed by atoms with van der Waals surface area (Å²) in [5.74, 6) is -0.505. The van der Waals surface area contributed by atoms with Crippen LogP contribution < -0.4 is 10.6 Å². The Kier molecular flexibility index (Phi) is 6.63. The van der Waals surface area contributed by atoms with E-state index in [1.165, 1.54) is 11.3 Å². The molecule has 1 aromatic carbocycles. The van der Waals surface area contributed by atoms with Gasteiger partial charge in [-0.1, -0.05) is 35.5 Å². The average Bonchev–Trinajstić information content (AvgIpc) is 3.22. The highest BCUT2D eigenvalue weighted by Crippen LogP contribution is 2.33. The van der Waals surface area contributed by atoms with E-state index >= 15 is 0 Å². The molecule has 3 rings (SSSR count). The quantitative estimate of drug-likeness (QED) is 0.438. The lowest BCUT2D eigenvalue weighted by molar-refractivity contribution is 0.0527. The third-order valence-corrected chi connectivity index (χ3v) is 5.78. The van der Waals surface area contributed by atoms with Crippen LogP contribution in [0.1, 0.15) is 43.8 Å². The van der Waals surface area contributed by atoms with Gasteiger partial charge in [-0.3, -0.25) is 10.1 Å². The SMILES string of the molecule is CCOC(=O)c1c(NC(=S)NC(=O)c2c(-c3ccccc3)noc2C)sc(C)c1C. The fourth-order valence-corrected chi connectivity index (χ4v) is 4.21. The number of thiophene rings is 1. The Balaban J connectivity index is 1.81. The van der Waals surface area contributed by atoms with Crippen LogP contribution in [0.4, 0.5) is 5.00 Å². The molecule has 2 heterocycles. The molecule has 0 radical (unpaired) electrons. The third-order valence-electron chi connectivity index (χ3n) is 4.46. The van der Waals surface area contributed by atoms with E-state index in [0.29, 0.717) is 27.6 Å². The van der Waals surface area contributed by atoms with Crippen LogP contribution in [0.25, 0.3) is 11.3 Å². The second-order valence-corrected chi connectivity index (χ2v) is 8.08. The van der Waals surface area contributed by atoms with Crippen LogP contribution in [0, 0.1) is 20.8 Å². The molecule has 0 fully saturated rings. The van der Waals surface area contributed by atoms with Crippen molar-refractivity contribution in [1.29, 1.82) is 0 Å². The number of rotatable bonds is 5. The van der Waals surface area contributed by atoms with Gasteiger partial charge in [-0.25, -0.2) is 4.79 Å². The summed E-state index contributed by atoms with van der Waals surface area (Å²) in [4.78, 5) is 26.2. The Labute approximate surface area is 183 Å². The van der Waals surface area contributed by atoms with Crippen LogP contribution in [-0.2, 0) is 4.74 Å². The van der Waals surface area contributed by atoms with Gasteiger partial charge in [-0.15, -0.1) is 11.3 Å². The van der Waals surface area contributed by atoms with E-state index in [4.69, 9.17) is 21.5 Å². The number of carbonyl (C=O) groups is 2. The summed E-state index contributed by atoms with van der Waals surface area (Å²) >= 11 is 6.68. The topological polar surface area (TPSA) is 93.5 Å². The predicted octanol–water partition coefficient (Wildman–Crippen LogP) is 4.63. The van der Waals surface area contributed by atoms with E-state index in [2.05, 4.69) is 15.8 Å². The molecule has 0 aliphatic rings. The molecule has 0 bridgehead atoms. The Morgan fingerprint density at radius 2 is 1.87 bits per heavy atom. The minimum absolute atomic E-state index is 0.0615. The number of aromatic nitrogens is 1. The molecule has 0 aliphatic heterocycles. The molecule has 0 atom stereocenters. The molecule has 2 N–H and O–H groups in total. The van der Waals surface area contributed by atoms with E-state index in [1.54, 1.807) is 13.8 Å². The van der Waals surface area contributed by atoms with E-state index < -0.39 is 11.9 Å². The Morgan fingerprint density at radius 1 is 1.17 bits per heavy atom. The molecule has 7 nitrogen and oxygen atoms in total. The zero-order chi connectivity index (χ0) is 21.8. The van der Waals surface area contributed by atoms with Crippen molar-refractivity contribution in [3.8, 4) is 11.3 Å². The van der Waals surface area contributed by atoms with Crippen molar-refractivity contribution in [3.05, 3.63) is 57.7 Å². The number of thiocarbonyl (C=S) groups is 1. The van der Waals surface area contributed by atoms with Crippen LogP contribution in [0.5, 0.6) is 0 Å². The van der Waals surface area contributed by atoms with Gasteiger partial charge in [0.2, 0.25) is 0 Å². The maximum absolute atomic E-state index is 12.9. The zero-order valence-corrected chi connectivity index (χ0v) is 18.6. The van der Waals surface area contributed by atoms with E-state index in [1.807, 2.05) is 44.2 Å². The summed E-state index contributed by atoms with van der Waals surface area (Å²) < 4.78 is 10.4. The number of hydrogen-bond donors (Lipinski definition) is 2. The van der Waals surface area contributed by atoms with Crippen molar-refractivity contribution < 1.29 is 18.8 Å². The monoisotopic (exact) mass is 443 g/mol. The number of amides is 1. The standard InChI is InChI=1S/C21H21N3O4S2/c1-5-27-20(26)15-11(2)13(4)30-19(15)23-21(29)22-18(25)16-12(3)28-24-17(16)14-9-7-6-8-10-14/h6-10H,5H2,1-4H3,(H2,22,23,25,29). The average molecular weight is 444 g/mol. The number of hydrogen-bond acceptors (Lipinski definition) is 7. The minimum atomic E-state index is -0.451. The first-order valence-corrected chi connectivity index (χ1v) is 10.5. The van der Waals surface area contributed by atoms with Crippen molar-refractivity contribution >= 4 is 45.5 Å². The molecule has 2 aromatic heterocycles. The van der Waals surface area contributed by atoms with Crippen LogP contribution >= 0.6 is 23.6 Å². The van der Waals surface area contributed by atoms with Crippen molar-refractivity contribution in [3.63, 3.8) is 0 Å². The molecule has 30 heavy (non-hydrogen) atoms. The summed E-state index contributed by atoms with van der Waals surface area (Å²) in [6, 6.07) is 9.26. The molecule has 156 valence electrons. The number of carbonyl (C=O) groups excluding carboxylic acids is 2. The Bertz CT molecular complexity index is 1100. The second kappa shape index (κ2) is 9.19. The Hall–Kier alpha value is -3.04. The lowest BCUT2D eigenvalue weighted by Crippen LogP contribution is -2.34. The van der Waals surface area contributed by atoms with Crippen LogP contribution in [0.3, 0.4) is 0 Å². The van der Waals surface area contributed by atoms with Gasteiger partial charge < -0.3 is 14.6 Å². The van der Waals surface area contributed by atoms with Gasteiger partial charge in [0.25, 0.3) is 5.91 Å². The van der Waals surface area contributed by atoms with Gasteiger partial charge in [-0.05, 0) is 45.5 Å². The summed E-state index contributed by atoms with van der Waals surface area (Å²) in [5.41, 5.74) is 2.73. The first kappa shape index (κ1) is 21.7. The molecule has 0 saturated carbocycles.